The highest BCUT2D eigenvalue weighted by atomic mass is 19.1. The molecule has 0 saturated carbocycles. The van der Waals surface area contributed by atoms with Crippen LogP contribution < -0.4 is 4.74 Å². The summed E-state index contributed by atoms with van der Waals surface area (Å²) in [5.74, 6) is 0.889. The van der Waals surface area contributed by atoms with Crippen molar-refractivity contribution in [3.8, 4) is 5.75 Å². The number of carbonyl (C=O) groups excluding carboxylic acids is 1. The standard InChI is InChI=1S/C17H13FN2O3/c1-11-19-20-16(23-11)10-22-15-8-4-13(5-9-15)17(21)12-2-6-14(18)7-3-12/h2-9H,10H2,1H3. The average molecular weight is 312 g/mol. The van der Waals surface area contributed by atoms with E-state index in [9.17, 15) is 9.18 Å². The van der Waals surface area contributed by atoms with Gasteiger partial charge in [0.2, 0.25) is 5.89 Å². The Hall–Kier alpha value is -3.02. The minimum Gasteiger partial charge on any atom is -0.484 e. The van der Waals surface area contributed by atoms with Gasteiger partial charge in [0, 0.05) is 18.1 Å². The molecular weight excluding hydrogens is 299 g/mol. The summed E-state index contributed by atoms with van der Waals surface area (Å²) >= 11 is 0. The third-order valence-electron chi connectivity index (χ3n) is 3.15. The second-order valence-corrected chi connectivity index (χ2v) is 4.86. The minimum absolute atomic E-state index is 0.159. The molecule has 0 fully saturated rings. The van der Waals surface area contributed by atoms with Crippen molar-refractivity contribution >= 4 is 5.78 Å². The average Bonchev–Trinajstić information content (AvgIpc) is 2.99. The molecule has 0 spiro atoms. The van der Waals surface area contributed by atoms with E-state index >= 15 is 0 Å². The van der Waals surface area contributed by atoms with Crippen LogP contribution in [0.25, 0.3) is 0 Å². The van der Waals surface area contributed by atoms with E-state index in [4.69, 9.17) is 9.15 Å². The Kier molecular flexibility index (Phi) is 4.14. The molecule has 2 aromatic carbocycles. The highest BCUT2D eigenvalue weighted by Gasteiger charge is 2.09. The molecule has 5 nitrogen and oxygen atoms in total. The molecule has 6 heteroatoms. The number of nitrogens with zero attached hydrogens (tertiary/aromatic N) is 2. The topological polar surface area (TPSA) is 65.2 Å². The number of carbonyl (C=O) groups is 1. The molecule has 0 aliphatic heterocycles. The lowest BCUT2D eigenvalue weighted by atomic mass is 10.0. The van der Waals surface area contributed by atoms with Crippen molar-refractivity contribution in [2.24, 2.45) is 0 Å². The van der Waals surface area contributed by atoms with E-state index in [-0.39, 0.29) is 18.2 Å². The van der Waals surface area contributed by atoms with Gasteiger partial charge in [-0.05, 0) is 48.5 Å². The number of ether oxygens (including phenoxy) is 1. The molecule has 0 bridgehead atoms. The van der Waals surface area contributed by atoms with Crippen molar-refractivity contribution in [1.82, 2.24) is 10.2 Å². The monoisotopic (exact) mass is 312 g/mol. The van der Waals surface area contributed by atoms with Crippen molar-refractivity contribution in [2.75, 3.05) is 0 Å². The van der Waals surface area contributed by atoms with Gasteiger partial charge in [-0.2, -0.15) is 0 Å². The van der Waals surface area contributed by atoms with Crippen LogP contribution in [-0.4, -0.2) is 16.0 Å². The highest BCUT2D eigenvalue weighted by molar-refractivity contribution is 6.08. The number of aromatic nitrogens is 2. The summed E-state index contributed by atoms with van der Waals surface area (Å²) in [5, 5.41) is 7.53. The lowest BCUT2D eigenvalue weighted by Crippen LogP contribution is -2.01. The van der Waals surface area contributed by atoms with Crippen LogP contribution in [0.15, 0.2) is 52.9 Å². The van der Waals surface area contributed by atoms with Gasteiger partial charge in [0.05, 0.1) is 0 Å². The van der Waals surface area contributed by atoms with E-state index in [0.29, 0.717) is 28.7 Å². The number of ketones is 1. The predicted molar refractivity (Wildman–Crippen MR) is 79.6 cm³/mol. The van der Waals surface area contributed by atoms with Crippen LogP contribution in [0.2, 0.25) is 0 Å². The number of aryl methyl sites for hydroxylation is 1. The van der Waals surface area contributed by atoms with Crippen molar-refractivity contribution in [3.05, 3.63) is 77.3 Å². The fraction of sp³-hybridized carbons (Fsp3) is 0.118. The SMILES string of the molecule is Cc1nnc(COc2ccc(C(=O)c3ccc(F)cc3)cc2)o1. The summed E-state index contributed by atoms with van der Waals surface area (Å²) in [5.41, 5.74) is 0.930. The lowest BCUT2D eigenvalue weighted by Gasteiger charge is -2.05. The molecule has 3 rings (SSSR count). The second kappa shape index (κ2) is 6.39. The Morgan fingerprint density at radius 1 is 1.04 bits per heavy atom. The number of benzene rings is 2. The van der Waals surface area contributed by atoms with Gasteiger partial charge in [0.1, 0.15) is 11.6 Å². The first-order valence-electron chi connectivity index (χ1n) is 6.94. The summed E-state index contributed by atoms with van der Waals surface area (Å²) in [6.07, 6.45) is 0. The molecule has 23 heavy (non-hydrogen) atoms. The maximum absolute atomic E-state index is 12.9. The van der Waals surface area contributed by atoms with E-state index in [1.54, 1.807) is 31.2 Å². The summed E-state index contributed by atoms with van der Waals surface area (Å²) in [6, 6.07) is 12.1. The van der Waals surface area contributed by atoms with Gasteiger partial charge in [-0.3, -0.25) is 4.79 Å². The van der Waals surface area contributed by atoms with Gasteiger partial charge >= 0.3 is 0 Å². The molecule has 3 aromatic rings. The molecular formula is C17H13FN2O3. The van der Waals surface area contributed by atoms with Crippen molar-refractivity contribution in [1.29, 1.82) is 0 Å². The second-order valence-electron chi connectivity index (χ2n) is 4.86. The quantitative estimate of drug-likeness (QED) is 0.676. The number of hydrogen-bond acceptors (Lipinski definition) is 5. The fourth-order valence-corrected chi connectivity index (χ4v) is 2.01. The minimum atomic E-state index is -0.374. The molecule has 0 aliphatic rings. The first-order chi connectivity index (χ1) is 11.1. The van der Waals surface area contributed by atoms with Crippen LogP contribution in [0, 0.1) is 12.7 Å². The summed E-state index contributed by atoms with van der Waals surface area (Å²) in [6.45, 7) is 1.86. The van der Waals surface area contributed by atoms with Crippen molar-refractivity contribution < 1.29 is 18.3 Å². The maximum atomic E-state index is 12.9. The third kappa shape index (κ3) is 3.60. The molecule has 0 N–H and O–H groups in total. The molecule has 0 aliphatic carbocycles. The van der Waals surface area contributed by atoms with Crippen LogP contribution in [0.3, 0.4) is 0 Å². The van der Waals surface area contributed by atoms with E-state index < -0.39 is 0 Å². The van der Waals surface area contributed by atoms with Gasteiger partial charge in [-0.25, -0.2) is 4.39 Å². The lowest BCUT2D eigenvalue weighted by molar-refractivity contribution is 0.103. The molecule has 0 amide bonds. The van der Waals surface area contributed by atoms with Gasteiger partial charge in [-0.1, -0.05) is 0 Å². The van der Waals surface area contributed by atoms with Crippen LogP contribution in [0.5, 0.6) is 5.75 Å². The maximum Gasteiger partial charge on any atom is 0.253 e. The first kappa shape index (κ1) is 14.9. The number of rotatable bonds is 5. The van der Waals surface area contributed by atoms with Gasteiger partial charge in [0.25, 0.3) is 5.89 Å². The largest absolute Gasteiger partial charge is 0.484 e. The van der Waals surface area contributed by atoms with Crippen LogP contribution in [-0.2, 0) is 6.61 Å². The Balaban J connectivity index is 1.66. The van der Waals surface area contributed by atoms with E-state index in [1.807, 2.05) is 0 Å². The zero-order valence-corrected chi connectivity index (χ0v) is 12.3. The van der Waals surface area contributed by atoms with Crippen molar-refractivity contribution in [2.45, 2.75) is 13.5 Å². The molecule has 0 unspecified atom stereocenters. The normalized spacial score (nSPS) is 10.5. The van der Waals surface area contributed by atoms with Crippen LogP contribution in [0.4, 0.5) is 4.39 Å². The van der Waals surface area contributed by atoms with Crippen LogP contribution in [0.1, 0.15) is 27.7 Å². The molecule has 1 heterocycles. The highest BCUT2D eigenvalue weighted by Crippen LogP contribution is 2.17. The Morgan fingerprint density at radius 3 is 2.22 bits per heavy atom. The zero-order chi connectivity index (χ0) is 16.2. The number of halogens is 1. The van der Waals surface area contributed by atoms with Crippen LogP contribution >= 0.6 is 0 Å². The molecule has 1 aromatic heterocycles. The Morgan fingerprint density at radius 2 is 1.65 bits per heavy atom. The summed E-state index contributed by atoms with van der Waals surface area (Å²) in [4.78, 5) is 12.3. The van der Waals surface area contributed by atoms with E-state index in [2.05, 4.69) is 10.2 Å². The Labute approximate surface area is 131 Å². The van der Waals surface area contributed by atoms with E-state index in [0.717, 1.165) is 0 Å². The Bertz CT molecular complexity index is 811. The molecule has 116 valence electrons. The van der Waals surface area contributed by atoms with Gasteiger partial charge < -0.3 is 9.15 Å². The smallest absolute Gasteiger partial charge is 0.253 e. The molecule has 0 atom stereocenters. The molecule has 0 saturated heterocycles. The zero-order valence-electron chi connectivity index (χ0n) is 12.3. The number of hydrogen-bond donors (Lipinski definition) is 0. The van der Waals surface area contributed by atoms with Crippen molar-refractivity contribution in [3.63, 3.8) is 0 Å². The summed E-state index contributed by atoms with van der Waals surface area (Å²) in [7, 11) is 0. The van der Waals surface area contributed by atoms with Gasteiger partial charge in [-0.15, -0.1) is 10.2 Å². The predicted octanol–water partition coefficient (Wildman–Crippen LogP) is 3.33. The molecule has 0 radical (unpaired) electrons. The fourth-order valence-electron chi connectivity index (χ4n) is 2.01. The summed E-state index contributed by atoms with van der Waals surface area (Å²) < 4.78 is 23.6. The van der Waals surface area contributed by atoms with E-state index in [1.165, 1.54) is 24.3 Å². The van der Waals surface area contributed by atoms with Gasteiger partial charge in [0.15, 0.2) is 12.4 Å². The third-order valence-corrected chi connectivity index (χ3v) is 3.15. The first-order valence-corrected chi connectivity index (χ1v) is 6.94.